The summed E-state index contributed by atoms with van der Waals surface area (Å²) >= 11 is 0. The summed E-state index contributed by atoms with van der Waals surface area (Å²) in [6, 6.07) is 13.9. The van der Waals surface area contributed by atoms with Crippen molar-refractivity contribution in [3.05, 3.63) is 54.1 Å². The van der Waals surface area contributed by atoms with Crippen LogP contribution in [0.4, 0.5) is 0 Å². The normalized spacial score (nSPS) is 14.9. The van der Waals surface area contributed by atoms with Crippen LogP contribution in [0, 0.1) is 0 Å². The maximum Gasteiger partial charge on any atom is 0.338 e. The molecule has 142 valence electrons. The summed E-state index contributed by atoms with van der Waals surface area (Å²) < 4.78 is 21.7. The predicted molar refractivity (Wildman–Crippen MR) is 97.3 cm³/mol. The second-order valence-electron chi connectivity index (χ2n) is 5.84. The van der Waals surface area contributed by atoms with Crippen LogP contribution in [0.2, 0.25) is 0 Å². The van der Waals surface area contributed by atoms with Gasteiger partial charge in [-0.1, -0.05) is 12.1 Å². The van der Waals surface area contributed by atoms with E-state index in [9.17, 15) is 9.59 Å². The molecule has 2 aromatic carbocycles. The molecule has 1 aliphatic heterocycles. The lowest BCUT2D eigenvalue weighted by atomic mass is 10.2. The van der Waals surface area contributed by atoms with Crippen molar-refractivity contribution < 1.29 is 28.5 Å². The Balaban J connectivity index is 1.40. The first-order valence-corrected chi connectivity index (χ1v) is 8.71. The van der Waals surface area contributed by atoms with Gasteiger partial charge >= 0.3 is 5.97 Å². The zero-order chi connectivity index (χ0) is 19.1. The summed E-state index contributed by atoms with van der Waals surface area (Å²) in [4.78, 5) is 23.9. The smallest absolute Gasteiger partial charge is 0.338 e. The van der Waals surface area contributed by atoms with Gasteiger partial charge in [-0.2, -0.15) is 0 Å². The fourth-order valence-corrected chi connectivity index (χ4v) is 2.51. The number of fused-ring (bicyclic) bond motifs is 1. The van der Waals surface area contributed by atoms with Crippen molar-refractivity contribution in [1.82, 2.24) is 5.32 Å². The maximum absolute atomic E-state index is 12.0. The number of amides is 1. The SMILES string of the molecule is CCOc1ccc(C(=O)OCC(=O)NC[C@@H]2COc3ccccc3O2)cc1. The monoisotopic (exact) mass is 371 g/mol. The zero-order valence-electron chi connectivity index (χ0n) is 15.0. The Morgan fingerprint density at radius 3 is 2.59 bits per heavy atom. The average Bonchev–Trinajstić information content (AvgIpc) is 2.71. The molecule has 7 heteroatoms. The van der Waals surface area contributed by atoms with Crippen LogP contribution in [0.5, 0.6) is 17.2 Å². The molecule has 0 aromatic heterocycles. The van der Waals surface area contributed by atoms with Crippen molar-refractivity contribution in [3.8, 4) is 17.2 Å². The Bertz CT molecular complexity index is 789. The summed E-state index contributed by atoms with van der Waals surface area (Å²) in [5, 5.41) is 2.67. The lowest BCUT2D eigenvalue weighted by Crippen LogP contribution is -2.42. The van der Waals surface area contributed by atoms with E-state index in [1.807, 2.05) is 31.2 Å². The van der Waals surface area contributed by atoms with E-state index >= 15 is 0 Å². The molecule has 1 atom stereocenters. The number of rotatable bonds is 7. The Kier molecular flexibility index (Phi) is 6.14. The fourth-order valence-electron chi connectivity index (χ4n) is 2.51. The number of benzene rings is 2. The number of carbonyl (C=O) groups excluding carboxylic acids is 2. The highest BCUT2D eigenvalue weighted by Gasteiger charge is 2.21. The van der Waals surface area contributed by atoms with Gasteiger partial charge in [0.1, 0.15) is 18.5 Å². The van der Waals surface area contributed by atoms with Gasteiger partial charge in [0, 0.05) is 0 Å². The molecule has 27 heavy (non-hydrogen) atoms. The van der Waals surface area contributed by atoms with Crippen LogP contribution in [0.3, 0.4) is 0 Å². The molecule has 0 saturated heterocycles. The summed E-state index contributed by atoms with van der Waals surface area (Å²) in [6.07, 6.45) is -0.300. The van der Waals surface area contributed by atoms with E-state index in [4.69, 9.17) is 18.9 Å². The molecule has 2 aromatic rings. The van der Waals surface area contributed by atoms with E-state index in [1.165, 1.54) is 0 Å². The van der Waals surface area contributed by atoms with Crippen molar-refractivity contribution in [2.45, 2.75) is 13.0 Å². The molecule has 3 rings (SSSR count). The summed E-state index contributed by atoms with van der Waals surface area (Å²) in [5.41, 5.74) is 0.354. The van der Waals surface area contributed by atoms with Gasteiger partial charge in [-0.05, 0) is 43.3 Å². The van der Waals surface area contributed by atoms with Crippen LogP contribution in [0.15, 0.2) is 48.5 Å². The number of para-hydroxylation sites is 2. The third-order valence-corrected chi connectivity index (χ3v) is 3.83. The van der Waals surface area contributed by atoms with Gasteiger partial charge in [-0.15, -0.1) is 0 Å². The van der Waals surface area contributed by atoms with Gasteiger partial charge in [0.15, 0.2) is 18.1 Å². The van der Waals surface area contributed by atoms with E-state index < -0.39 is 11.9 Å². The number of carbonyl (C=O) groups is 2. The highest BCUT2D eigenvalue weighted by Crippen LogP contribution is 2.30. The van der Waals surface area contributed by atoms with E-state index in [2.05, 4.69) is 5.32 Å². The molecule has 0 spiro atoms. The number of esters is 1. The molecule has 1 amide bonds. The third-order valence-electron chi connectivity index (χ3n) is 3.83. The van der Waals surface area contributed by atoms with E-state index in [-0.39, 0.29) is 19.3 Å². The molecule has 7 nitrogen and oxygen atoms in total. The molecule has 1 heterocycles. The van der Waals surface area contributed by atoms with Gasteiger partial charge in [-0.25, -0.2) is 4.79 Å². The van der Waals surface area contributed by atoms with Gasteiger partial charge in [-0.3, -0.25) is 4.79 Å². The molecule has 0 radical (unpaired) electrons. The molecular formula is C20H21NO6. The number of hydrogen-bond donors (Lipinski definition) is 1. The van der Waals surface area contributed by atoms with Crippen molar-refractivity contribution in [3.63, 3.8) is 0 Å². The van der Waals surface area contributed by atoms with Crippen molar-refractivity contribution in [1.29, 1.82) is 0 Å². The quantitative estimate of drug-likeness (QED) is 0.752. The molecule has 0 bridgehead atoms. The second kappa shape index (κ2) is 8.93. The third kappa shape index (κ3) is 5.13. The zero-order valence-corrected chi connectivity index (χ0v) is 15.0. The minimum Gasteiger partial charge on any atom is -0.494 e. The predicted octanol–water partition coefficient (Wildman–Crippen LogP) is 2.20. The molecule has 0 saturated carbocycles. The number of hydrogen-bond acceptors (Lipinski definition) is 6. The number of ether oxygens (including phenoxy) is 4. The van der Waals surface area contributed by atoms with E-state index in [0.717, 1.165) is 0 Å². The molecule has 0 aliphatic carbocycles. The summed E-state index contributed by atoms with van der Waals surface area (Å²) in [6.45, 7) is 2.66. The van der Waals surface area contributed by atoms with Gasteiger partial charge < -0.3 is 24.3 Å². The Morgan fingerprint density at radius 1 is 1.11 bits per heavy atom. The van der Waals surface area contributed by atoms with Crippen LogP contribution in [-0.4, -0.2) is 44.3 Å². The van der Waals surface area contributed by atoms with Crippen LogP contribution in [-0.2, 0) is 9.53 Å². The second-order valence-corrected chi connectivity index (χ2v) is 5.84. The minimum atomic E-state index is -0.570. The standard InChI is InChI=1S/C20H21NO6/c1-2-24-15-9-7-14(8-10-15)20(23)26-13-19(22)21-11-16-12-25-17-5-3-4-6-18(17)27-16/h3-10,16H,2,11-13H2,1H3,(H,21,22)/t16-/m1/s1. The van der Waals surface area contributed by atoms with Crippen LogP contribution in [0.1, 0.15) is 17.3 Å². The van der Waals surface area contributed by atoms with Gasteiger partial charge in [0.2, 0.25) is 0 Å². The van der Waals surface area contributed by atoms with Crippen molar-refractivity contribution in [2.24, 2.45) is 0 Å². The highest BCUT2D eigenvalue weighted by atomic mass is 16.6. The van der Waals surface area contributed by atoms with Crippen LogP contribution in [0.25, 0.3) is 0 Å². The lowest BCUT2D eigenvalue weighted by Gasteiger charge is -2.26. The average molecular weight is 371 g/mol. The first kappa shape index (κ1) is 18.6. The first-order valence-electron chi connectivity index (χ1n) is 8.71. The minimum absolute atomic E-state index is 0.258. The van der Waals surface area contributed by atoms with Crippen LogP contribution >= 0.6 is 0 Å². The number of nitrogens with one attached hydrogen (secondary N) is 1. The van der Waals surface area contributed by atoms with E-state index in [0.29, 0.717) is 36.0 Å². The van der Waals surface area contributed by atoms with Crippen molar-refractivity contribution in [2.75, 3.05) is 26.4 Å². The Morgan fingerprint density at radius 2 is 1.85 bits per heavy atom. The largest absolute Gasteiger partial charge is 0.494 e. The van der Waals surface area contributed by atoms with Crippen molar-refractivity contribution >= 4 is 11.9 Å². The van der Waals surface area contributed by atoms with Crippen LogP contribution < -0.4 is 19.5 Å². The maximum atomic E-state index is 12.0. The summed E-state index contributed by atoms with van der Waals surface area (Å²) in [5.74, 6) is 1.02. The summed E-state index contributed by atoms with van der Waals surface area (Å²) in [7, 11) is 0. The highest BCUT2D eigenvalue weighted by molar-refractivity contribution is 5.91. The lowest BCUT2D eigenvalue weighted by molar-refractivity contribution is -0.124. The Hall–Kier alpha value is -3.22. The molecule has 1 N–H and O–H groups in total. The topological polar surface area (TPSA) is 83.1 Å². The van der Waals surface area contributed by atoms with E-state index in [1.54, 1.807) is 24.3 Å². The van der Waals surface area contributed by atoms with Gasteiger partial charge in [0.25, 0.3) is 5.91 Å². The first-order chi connectivity index (χ1) is 13.2. The molecular weight excluding hydrogens is 350 g/mol. The molecule has 1 aliphatic rings. The molecule has 0 unspecified atom stereocenters. The Labute approximate surface area is 157 Å². The fraction of sp³-hybridized carbons (Fsp3) is 0.300. The van der Waals surface area contributed by atoms with Gasteiger partial charge in [0.05, 0.1) is 18.7 Å². The molecule has 0 fully saturated rings.